The van der Waals surface area contributed by atoms with Crippen molar-refractivity contribution in [3.05, 3.63) is 96.6 Å². The molecular formula is C29H22. The van der Waals surface area contributed by atoms with Crippen LogP contribution >= 0.6 is 0 Å². The third-order valence-corrected chi connectivity index (χ3v) is 6.26. The molecule has 0 heteroatoms. The third kappa shape index (κ3) is 2.60. The lowest BCUT2D eigenvalue weighted by molar-refractivity contribution is 0.924. The molecule has 0 atom stereocenters. The van der Waals surface area contributed by atoms with E-state index in [1.807, 2.05) is 0 Å². The second-order valence-corrected chi connectivity index (χ2v) is 8.15. The summed E-state index contributed by atoms with van der Waals surface area (Å²) in [6.45, 7) is 2.24. The highest BCUT2D eigenvalue weighted by molar-refractivity contribution is 6.20. The number of benzene rings is 6. The molecule has 29 heavy (non-hydrogen) atoms. The number of aryl methyl sites for hydroxylation is 1. The number of rotatable bonds is 2. The Morgan fingerprint density at radius 2 is 1.00 bits per heavy atom. The summed E-state index contributed by atoms with van der Waals surface area (Å²) in [6.07, 6.45) is 2.33. The summed E-state index contributed by atoms with van der Waals surface area (Å²) in [5.41, 5.74) is 1.43. The zero-order valence-electron chi connectivity index (χ0n) is 16.6. The molecule has 0 unspecified atom stereocenters. The van der Waals surface area contributed by atoms with Gasteiger partial charge in [0.2, 0.25) is 0 Å². The zero-order valence-corrected chi connectivity index (χ0v) is 16.6. The average molecular weight is 370 g/mol. The highest BCUT2D eigenvalue weighted by Gasteiger charge is 2.08. The quantitative estimate of drug-likeness (QED) is 0.212. The van der Waals surface area contributed by atoms with Gasteiger partial charge in [0.25, 0.3) is 0 Å². The predicted molar refractivity (Wildman–Crippen MR) is 128 cm³/mol. The molecule has 0 amide bonds. The van der Waals surface area contributed by atoms with Gasteiger partial charge in [0.1, 0.15) is 0 Å². The van der Waals surface area contributed by atoms with Crippen LogP contribution in [0, 0.1) is 0 Å². The standard InChI is InChI=1S/C29H22/c1-2-5-19-8-9-22-18-29-24(16-25(22)14-19)11-13-26-27(29)12-10-23-15-20-6-3-4-7-21(20)17-28(23)26/h3-4,6-18H,2,5H2,1H3. The van der Waals surface area contributed by atoms with Crippen LogP contribution in [0.4, 0.5) is 0 Å². The molecule has 0 spiro atoms. The van der Waals surface area contributed by atoms with E-state index in [9.17, 15) is 0 Å². The summed E-state index contributed by atoms with van der Waals surface area (Å²) in [5, 5.41) is 13.2. The third-order valence-electron chi connectivity index (χ3n) is 6.26. The minimum absolute atomic E-state index is 1.14. The minimum Gasteiger partial charge on any atom is -0.0651 e. The molecule has 6 aromatic rings. The molecule has 0 heterocycles. The molecular weight excluding hydrogens is 348 g/mol. The number of hydrogen-bond acceptors (Lipinski definition) is 0. The summed E-state index contributed by atoms with van der Waals surface area (Å²) in [5.74, 6) is 0. The average Bonchev–Trinajstić information content (AvgIpc) is 2.76. The van der Waals surface area contributed by atoms with Gasteiger partial charge in [-0.2, -0.15) is 0 Å². The number of hydrogen-bond donors (Lipinski definition) is 0. The first-order valence-electron chi connectivity index (χ1n) is 10.5. The van der Waals surface area contributed by atoms with Crippen LogP contribution in [-0.2, 0) is 6.42 Å². The van der Waals surface area contributed by atoms with Crippen LogP contribution in [0.5, 0.6) is 0 Å². The lowest BCUT2D eigenvalue weighted by Gasteiger charge is -2.11. The first-order valence-corrected chi connectivity index (χ1v) is 10.5. The molecule has 6 rings (SSSR count). The van der Waals surface area contributed by atoms with Crippen LogP contribution in [0.15, 0.2) is 91.0 Å². The Bertz CT molecular complexity index is 1550. The van der Waals surface area contributed by atoms with E-state index in [-0.39, 0.29) is 0 Å². The first kappa shape index (κ1) is 16.6. The molecule has 0 radical (unpaired) electrons. The number of fused-ring (bicyclic) bond motifs is 7. The van der Waals surface area contributed by atoms with Crippen LogP contribution in [0.1, 0.15) is 18.9 Å². The molecule has 0 aliphatic carbocycles. The molecule has 0 saturated heterocycles. The van der Waals surface area contributed by atoms with Crippen molar-refractivity contribution in [2.45, 2.75) is 19.8 Å². The van der Waals surface area contributed by atoms with Crippen molar-refractivity contribution in [2.75, 3.05) is 0 Å². The Hall–Kier alpha value is -3.38. The SMILES string of the molecule is CCCc1ccc2cc3c(ccc4c5cc6ccccc6cc5ccc34)cc2c1. The van der Waals surface area contributed by atoms with Gasteiger partial charge in [-0.1, -0.05) is 80.1 Å². The Morgan fingerprint density at radius 1 is 0.448 bits per heavy atom. The van der Waals surface area contributed by atoms with E-state index >= 15 is 0 Å². The van der Waals surface area contributed by atoms with E-state index in [2.05, 4.69) is 97.9 Å². The highest BCUT2D eigenvalue weighted by Crippen LogP contribution is 2.35. The molecule has 0 bridgehead atoms. The van der Waals surface area contributed by atoms with Gasteiger partial charge in [-0.25, -0.2) is 0 Å². The predicted octanol–water partition coefficient (Wildman–Crippen LogP) is 8.41. The van der Waals surface area contributed by atoms with E-state index in [0.29, 0.717) is 0 Å². The monoisotopic (exact) mass is 370 g/mol. The van der Waals surface area contributed by atoms with Gasteiger partial charge < -0.3 is 0 Å². The van der Waals surface area contributed by atoms with Gasteiger partial charge >= 0.3 is 0 Å². The van der Waals surface area contributed by atoms with Gasteiger partial charge in [-0.15, -0.1) is 0 Å². The van der Waals surface area contributed by atoms with Gasteiger partial charge in [-0.05, 0) is 90.1 Å². The van der Waals surface area contributed by atoms with Gasteiger partial charge in [0, 0.05) is 0 Å². The lowest BCUT2D eigenvalue weighted by Crippen LogP contribution is -1.85. The largest absolute Gasteiger partial charge is 0.0651 e. The van der Waals surface area contributed by atoms with E-state index in [1.54, 1.807) is 0 Å². The molecule has 0 fully saturated rings. The molecule has 0 nitrogen and oxygen atoms in total. The molecule has 0 N–H and O–H groups in total. The van der Waals surface area contributed by atoms with E-state index in [4.69, 9.17) is 0 Å². The molecule has 138 valence electrons. The van der Waals surface area contributed by atoms with Crippen molar-refractivity contribution in [2.24, 2.45) is 0 Å². The van der Waals surface area contributed by atoms with Gasteiger partial charge in [0.15, 0.2) is 0 Å². The van der Waals surface area contributed by atoms with Crippen molar-refractivity contribution in [3.63, 3.8) is 0 Å². The lowest BCUT2D eigenvalue weighted by atomic mass is 9.93. The maximum Gasteiger partial charge on any atom is -0.00987 e. The topological polar surface area (TPSA) is 0 Å². The van der Waals surface area contributed by atoms with E-state index < -0.39 is 0 Å². The Morgan fingerprint density at radius 3 is 1.66 bits per heavy atom. The van der Waals surface area contributed by atoms with Crippen molar-refractivity contribution < 1.29 is 0 Å². The van der Waals surface area contributed by atoms with Crippen molar-refractivity contribution in [1.29, 1.82) is 0 Å². The van der Waals surface area contributed by atoms with Gasteiger partial charge in [0.05, 0.1) is 0 Å². The molecule has 0 aliphatic heterocycles. The van der Waals surface area contributed by atoms with Gasteiger partial charge in [-0.3, -0.25) is 0 Å². The summed E-state index contributed by atoms with van der Waals surface area (Å²) < 4.78 is 0. The van der Waals surface area contributed by atoms with Crippen molar-refractivity contribution in [3.8, 4) is 0 Å². The van der Waals surface area contributed by atoms with E-state index in [0.717, 1.165) is 6.42 Å². The molecule has 0 aliphatic rings. The Labute approximate surface area is 170 Å². The second-order valence-electron chi connectivity index (χ2n) is 8.15. The van der Waals surface area contributed by atoms with Crippen LogP contribution in [0.25, 0.3) is 53.9 Å². The molecule has 0 saturated carbocycles. The molecule has 0 aromatic heterocycles. The Balaban J connectivity index is 1.67. The summed E-state index contributed by atoms with van der Waals surface area (Å²) >= 11 is 0. The maximum absolute atomic E-state index is 2.37. The van der Waals surface area contributed by atoms with Crippen LogP contribution in [0.2, 0.25) is 0 Å². The smallest absolute Gasteiger partial charge is 0.00987 e. The summed E-state index contributed by atoms with van der Waals surface area (Å²) in [4.78, 5) is 0. The van der Waals surface area contributed by atoms with Crippen molar-refractivity contribution >= 4 is 53.9 Å². The summed E-state index contributed by atoms with van der Waals surface area (Å²) in [7, 11) is 0. The second kappa shape index (κ2) is 6.32. The Kier molecular flexibility index (Phi) is 3.61. The van der Waals surface area contributed by atoms with Crippen molar-refractivity contribution in [1.82, 2.24) is 0 Å². The fraction of sp³-hybridized carbons (Fsp3) is 0.103. The zero-order chi connectivity index (χ0) is 19.4. The molecule has 6 aromatic carbocycles. The fourth-order valence-electron chi connectivity index (χ4n) is 4.80. The maximum atomic E-state index is 2.37. The van der Waals surface area contributed by atoms with Crippen LogP contribution < -0.4 is 0 Å². The van der Waals surface area contributed by atoms with Crippen LogP contribution in [-0.4, -0.2) is 0 Å². The minimum atomic E-state index is 1.14. The highest BCUT2D eigenvalue weighted by atomic mass is 14.1. The van der Waals surface area contributed by atoms with E-state index in [1.165, 1.54) is 65.8 Å². The summed E-state index contributed by atoms with van der Waals surface area (Å²) in [6, 6.07) is 34.1. The first-order chi connectivity index (χ1) is 14.3. The normalized spacial score (nSPS) is 11.9. The fourth-order valence-corrected chi connectivity index (χ4v) is 4.80. The van der Waals surface area contributed by atoms with Crippen LogP contribution in [0.3, 0.4) is 0 Å².